The molecule has 0 saturated heterocycles. The molecule has 4 nitrogen and oxygen atoms in total. The molecule has 1 heterocycles. The van der Waals surface area contributed by atoms with Crippen molar-refractivity contribution in [1.29, 1.82) is 0 Å². The Morgan fingerprint density at radius 3 is 2.52 bits per heavy atom. The number of amides is 1. The van der Waals surface area contributed by atoms with Crippen molar-refractivity contribution in [3.63, 3.8) is 0 Å². The molecule has 0 unspecified atom stereocenters. The van der Waals surface area contributed by atoms with Crippen molar-refractivity contribution in [3.05, 3.63) is 65.3 Å². The number of ketones is 1. The largest absolute Gasteiger partial charge is 0.337 e. The number of carbonyl (C=O) groups excluding carboxylic acids is 2. The van der Waals surface area contributed by atoms with Crippen molar-refractivity contribution in [2.75, 3.05) is 5.32 Å². The summed E-state index contributed by atoms with van der Waals surface area (Å²) in [5, 5.41) is 4.13. The maximum absolute atomic E-state index is 12.3. The van der Waals surface area contributed by atoms with Crippen LogP contribution in [0.5, 0.6) is 0 Å². The average molecular weight is 327 g/mol. The Kier molecular flexibility index (Phi) is 4.17. The maximum atomic E-state index is 12.3. The van der Waals surface area contributed by atoms with Crippen LogP contribution in [0.15, 0.2) is 54.7 Å². The molecule has 0 aliphatic carbocycles. The molecule has 0 radical (unpaired) electrons. The molecule has 0 spiro atoms. The molecule has 3 rings (SSSR count). The molecule has 23 heavy (non-hydrogen) atoms. The second-order valence-electron chi connectivity index (χ2n) is 5.27. The van der Waals surface area contributed by atoms with E-state index in [1.807, 2.05) is 24.3 Å². The highest BCUT2D eigenvalue weighted by Crippen LogP contribution is 2.23. The number of nitrogens with zero attached hydrogens (tertiary/aromatic N) is 1. The molecule has 1 aromatic heterocycles. The summed E-state index contributed by atoms with van der Waals surface area (Å²) in [6, 6.07) is 14.6. The highest BCUT2D eigenvalue weighted by Gasteiger charge is 2.14. The fraction of sp³-hybridized carbons (Fsp3) is 0.111. The zero-order chi connectivity index (χ0) is 16.4. The van der Waals surface area contributed by atoms with Crippen LogP contribution in [0.3, 0.4) is 0 Å². The molecular weight excluding hydrogens is 312 g/mol. The summed E-state index contributed by atoms with van der Waals surface area (Å²) in [5.74, 6) is -0.222. The predicted octanol–water partition coefficient (Wildman–Crippen LogP) is 4.14. The van der Waals surface area contributed by atoms with Gasteiger partial charge in [0.05, 0.1) is 10.7 Å². The molecule has 0 fully saturated rings. The van der Waals surface area contributed by atoms with Gasteiger partial charge in [-0.3, -0.25) is 9.59 Å². The lowest BCUT2D eigenvalue weighted by molar-refractivity contribution is -0.116. The predicted molar refractivity (Wildman–Crippen MR) is 92.0 cm³/mol. The lowest BCUT2D eigenvalue weighted by atomic mass is 10.1. The molecular formula is C18H15ClN2O2. The number of benzene rings is 2. The number of hydrogen-bond donors (Lipinski definition) is 1. The van der Waals surface area contributed by atoms with E-state index in [1.54, 1.807) is 35.0 Å². The zero-order valence-corrected chi connectivity index (χ0v) is 13.3. The first-order valence-corrected chi connectivity index (χ1v) is 7.57. The number of nitrogens with one attached hydrogen (secondary N) is 1. The summed E-state index contributed by atoms with van der Waals surface area (Å²) in [4.78, 5) is 24.0. The van der Waals surface area contributed by atoms with Gasteiger partial charge < -0.3 is 9.88 Å². The lowest BCUT2D eigenvalue weighted by Gasteiger charge is -2.08. The summed E-state index contributed by atoms with van der Waals surface area (Å²) in [5.41, 5.74) is 2.04. The minimum atomic E-state index is -0.200. The van der Waals surface area contributed by atoms with Gasteiger partial charge in [-0.2, -0.15) is 0 Å². The fourth-order valence-electron chi connectivity index (χ4n) is 2.57. The van der Waals surface area contributed by atoms with Crippen LogP contribution in [-0.4, -0.2) is 16.3 Å². The second kappa shape index (κ2) is 6.26. The Morgan fingerprint density at radius 1 is 1.09 bits per heavy atom. The Balaban J connectivity index is 1.88. The van der Waals surface area contributed by atoms with Gasteiger partial charge in [0.25, 0.3) is 0 Å². The Hall–Kier alpha value is -2.59. The molecule has 0 aliphatic rings. The number of hydrogen-bond acceptors (Lipinski definition) is 2. The number of halogens is 1. The topological polar surface area (TPSA) is 51.1 Å². The van der Waals surface area contributed by atoms with Crippen LogP contribution in [0.2, 0.25) is 5.02 Å². The van der Waals surface area contributed by atoms with Gasteiger partial charge in [-0.05, 0) is 25.1 Å². The first kappa shape index (κ1) is 15.3. The summed E-state index contributed by atoms with van der Waals surface area (Å²) in [7, 11) is 0. The highest BCUT2D eigenvalue weighted by atomic mass is 35.5. The van der Waals surface area contributed by atoms with Crippen LogP contribution in [0.25, 0.3) is 10.9 Å². The number of rotatable bonds is 4. The number of aromatic nitrogens is 1. The molecule has 0 bridgehead atoms. The highest BCUT2D eigenvalue weighted by molar-refractivity contribution is 6.33. The summed E-state index contributed by atoms with van der Waals surface area (Å²) in [6.45, 7) is 1.63. The summed E-state index contributed by atoms with van der Waals surface area (Å²) < 4.78 is 1.78. The van der Waals surface area contributed by atoms with Crippen molar-refractivity contribution in [2.45, 2.75) is 13.5 Å². The summed E-state index contributed by atoms with van der Waals surface area (Å²) >= 11 is 6.05. The molecule has 3 aromatic rings. The molecule has 1 amide bonds. The molecule has 0 atom stereocenters. The van der Waals surface area contributed by atoms with Gasteiger partial charge in [0, 0.05) is 22.7 Å². The number of para-hydroxylation sites is 2. The van der Waals surface area contributed by atoms with E-state index >= 15 is 0 Å². The average Bonchev–Trinajstić information content (AvgIpc) is 2.89. The van der Waals surface area contributed by atoms with Crippen molar-refractivity contribution >= 4 is 39.9 Å². The third-order valence-electron chi connectivity index (χ3n) is 3.63. The van der Waals surface area contributed by atoms with Gasteiger partial charge >= 0.3 is 0 Å². The number of fused-ring (bicyclic) bond motifs is 1. The Morgan fingerprint density at radius 2 is 1.78 bits per heavy atom. The molecule has 2 aromatic carbocycles. The lowest BCUT2D eigenvalue weighted by Crippen LogP contribution is -2.18. The molecule has 0 saturated carbocycles. The first-order chi connectivity index (χ1) is 11.1. The van der Waals surface area contributed by atoms with Gasteiger partial charge in [0.2, 0.25) is 5.91 Å². The van der Waals surface area contributed by atoms with Gasteiger partial charge in [-0.25, -0.2) is 0 Å². The van der Waals surface area contributed by atoms with E-state index in [-0.39, 0.29) is 18.2 Å². The van der Waals surface area contributed by atoms with Crippen molar-refractivity contribution in [2.24, 2.45) is 0 Å². The Labute approximate surface area is 138 Å². The van der Waals surface area contributed by atoms with E-state index in [1.165, 1.54) is 6.92 Å². The van der Waals surface area contributed by atoms with Crippen LogP contribution in [0.4, 0.5) is 5.69 Å². The van der Waals surface area contributed by atoms with Crippen LogP contribution < -0.4 is 5.32 Å². The maximum Gasteiger partial charge on any atom is 0.244 e. The van der Waals surface area contributed by atoms with E-state index in [0.29, 0.717) is 16.3 Å². The van der Waals surface area contributed by atoms with Crippen LogP contribution >= 0.6 is 11.6 Å². The minimum Gasteiger partial charge on any atom is -0.337 e. The normalized spacial score (nSPS) is 10.7. The fourth-order valence-corrected chi connectivity index (χ4v) is 2.75. The molecule has 0 aliphatic heterocycles. The van der Waals surface area contributed by atoms with Crippen molar-refractivity contribution < 1.29 is 9.59 Å². The minimum absolute atomic E-state index is 0.0218. The SMILES string of the molecule is CC(=O)c1cn(CC(=O)Nc2ccccc2Cl)c2ccccc12. The van der Waals surface area contributed by atoms with E-state index < -0.39 is 0 Å². The second-order valence-corrected chi connectivity index (χ2v) is 5.68. The molecule has 1 N–H and O–H groups in total. The first-order valence-electron chi connectivity index (χ1n) is 7.19. The Bertz CT molecular complexity index is 899. The third kappa shape index (κ3) is 3.12. The smallest absolute Gasteiger partial charge is 0.244 e. The van der Waals surface area contributed by atoms with Gasteiger partial charge in [0.1, 0.15) is 6.54 Å². The van der Waals surface area contributed by atoms with Crippen molar-refractivity contribution in [1.82, 2.24) is 4.57 Å². The molecule has 5 heteroatoms. The van der Waals surface area contributed by atoms with Gasteiger partial charge in [-0.15, -0.1) is 0 Å². The zero-order valence-electron chi connectivity index (χ0n) is 12.5. The summed E-state index contributed by atoms with van der Waals surface area (Å²) in [6.07, 6.45) is 1.72. The van der Waals surface area contributed by atoms with Crippen molar-refractivity contribution in [3.8, 4) is 0 Å². The number of Topliss-reactive ketones (excluding diaryl/α,β-unsaturated/α-hetero) is 1. The third-order valence-corrected chi connectivity index (χ3v) is 3.96. The van der Waals surface area contributed by atoms with E-state index in [4.69, 9.17) is 11.6 Å². The van der Waals surface area contributed by atoms with E-state index in [2.05, 4.69) is 5.32 Å². The standard InChI is InChI=1S/C18H15ClN2O2/c1-12(22)14-10-21(17-9-5-2-6-13(14)17)11-18(23)20-16-8-4-3-7-15(16)19/h2-10H,11H2,1H3,(H,20,23). The van der Waals surface area contributed by atoms with E-state index in [9.17, 15) is 9.59 Å². The monoisotopic (exact) mass is 326 g/mol. The van der Waals surface area contributed by atoms with E-state index in [0.717, 1.165) is 10.9 Å². The number of carbonyl (C=O) groups is 2. The van der Waals surface area contributed by atoms with Gasteiger partial charge in [-0.1, -0.05) is 41.9 Å². The quantitative estimate of drug-likeness (QED) is 0.733. The molecule has 116 valence electrons. The van der Waals surface area contributed by atoms with Crippen LogP contribution in [0.1, 0.15) is 17.3 Å². The van der Waals surface area contributed by atoms with Gasteiger partial charge in [0.15, 0.2) is 5.78 Å². The van der Waals surface area contributed by atoms with Crippen LogP contribution in [0, 0.1) is 0 Å². The van der Waals surface area contributed by atoms with Crippen LogP contribution in [-0.2, 0) is 11.3 Å². The number of anilines is 1.